The number of nitrogens with one attached hydrogen (secondary N) is 1. The second kappa shape index (κ2) is 6.58. The number of nitrogens with zero attached hydrogens (tertiary/aromatic N) is 2. The Bertz CT molecular complexity index is 491. The lowest BCUT2D eigenvalue weighted by atomic mass is 10.1. The van der Waals surface area contributed by atoms with Crippen LogP contribution in [0.5, 0.6) is 0 Å². The van der Waals surface area contributed by atoms with Gasteiger partial charge < -0.3 is 10.2 Å². The van der Waals surface area contributed by atoms with Crippen LogP contribution in [0.1, 0.15) is 24.0 Å². The molecule has 2 fully saturated rings. The number of likely N-dealkylation sites (N-methyl/N-ethyl adjacent to an activating group) is 1. The number of benzene rings is 1. The van der Waals surface area contributed by atoms with E-state index in [1.807, 2.05) is 0 Å². The lowest BCUT2D eigenvalue weighted by Gasteiger charge is -2.32. The van der Waals surface area contributed by atoms with Gasteiger partial charge in [0, 0.05) is 45.2 Å². The highest BCUT2D eigenvalue weighted by molar-refractivity contribution is 5.80. The van der Waals surface area contributed by atoms with Crippen molar-refractivity contribution in [1.29, 1.82) is 0 Å². The third-order valence-corrected chi connectivity index (χ3v) is 4.51. The van der Waals surface area contributed by atoms with E-state index in [2.05, 4.69) is 46.4 Å². The van der Waals surface area contributed by atoms with Crippen molar-refractivity contribution in [1.82, 2.24) is 15.1 Å². The van der Waals surface area contributed by atoms with Gasteiger partial charge >= 0.3 is 0 Å². The molecule has 1 saturated carbocycles. The molecule has 4 heteroatoms. The van der Waals surface area contributed by atoms with E-state index in [4.69, 9.17) is 0 Å². The number of amides is 1. The molecule has 0 unspecified atom stereocenters. The van der Waals surface area contributed by atoms with E-state index in [1.54, 1.807) is 0 Å². The third-order valence-electron chi connectivity index (χ3n) is 4.51. The minimum atomic E-state index is 0.226. The largest absolute Gasteiger partial charge is 0.352 e. The highest BCUT2D eigenvalue weighted by Gasteiger charge is 2.29. The number of hydrogen-bond donors (Lipinski definition) is 1. The lowest BCUT2D eigenvalue weighted by Crippen LogP contribution is -2.44. The Hall–Kier alpha value is -1.39. The van der Waals surface area contributed by atoms with Crippen LogP contribution in [0, 0.1) is 5.92 Å². The number of carbonyl (C=O) groups excluding carboxylic acids is 1. The molecule has 1 saturated heterocycles. The monoisotopic (exact) mass is 287 g/mol. The summed E-state index contributed by atoms with van der Waals surface area (Å²) in [5.74, 6) is 0.513. The number of rotatable bonds is 5. The fourth-order valence-electron chi connectivity index (χ4n) is 2.80. The molecule has 1 amide bonds. The molecule has 1 aromatic rings. The summed E-state index contributed by atoms with van der Waals surface area (Å²) in [6.07, 6.45) is 2.13. The van der Waals surface area contributed by atoms with Crippen molar-refractivity contribution in [3.8, 4) is 0 Å². The van der Waals surface area contributed by atoms with Crippen molar-refractivity contribution in [2.24, 2.45) is 5.92 Å². The van der Waals surface area contributed by atoms with E-state index in [1.165, 1.54) is 11.1 Å². The molecule has 0 atom stereocenters. The minimum absolute atomic E-state index is 0.226. The van der Waals surface area contributed by atoms with Crippen LogP contribution >= 0.6 is 0 Å². The average molecular weight is 287 g/mol. The Balaban J connectivity index is 1.57. The molecule has 1 N–H and O–H groups in total. The van der Waals surface area contributed by atoms with Gasteiger partial charge in [-0.2, -0.15) is 0 Å². The Morgan fingerprint density at radius 2 is 1.81 bits per heavy atom. The predicted octanol–water partition coefficient (Wildman–Crippen LogP) is 1.46. The number of piperazine rings is 1. The van der Waals surface area contributed by atoms with Gasteiger partial charge in [0.15, 0.2) is 0 Å². The van der Waals surface area contributed by atoms with Gasteiger partial charge in [0.25, 0.3) is 0 Å². The summed E-state index contributed by atoms with van der Waals surface area (Å²) in [5.41, 5.74) is 2.60. The Morgan fingerprint density at radius 1 is 1.14 bits per heavy atom. The van der Waals surface area contributed by atoms with Gasteiger partial charge in [-0.25, -0.2) is 0 Å². The maximum atomic E-state index is 11.8. The summed E-state index contributed by atoms with van der Waals surface area (Å²) in [5, 5.41) is 3.08. The SMILES string of the molecule is CN1CCN(Cc2ccccc2CNC(=O)C2CC2)CC1. The first-order chi connectivity index (χ1) is 10.2. The van der Waals surface area contributed by atoms with Crippen molar-refractivity contribution in [3.05, 3.63) is 35.4 Å². The molecule has 3 rings (SSSR count). The molecule has 2 aliphatic rings. The lowest BCUT2D eigenvalue weighted by molar-refractivity contribution is -0.122. The van der Waals surface area contributed by atoms with Crippen LogP contribution in [0.25, 0.3) is 0 Å². The molecule has 0 bridgehead atoms. The first-order valence-electron chi connectivity index (χ1n) is 7.98. The van der Waals surface area contributed by atoms with Gasteiger partial charge in [-0.3, -0.25) is 9.69 Å². The van der Waals surface area contributed by atoms with Crippen LogP contribution in [0.3, 0.4) is 0 Å². The fourth-order valence-corrected chi connectivity index (χ4v) is 2.80. The average Bonchev–Trinajstić information content (AvgIpc) is 3.33. The third kappa shape index (κ3) is 4.05. The van der Waals surface area contributed by atoms with Crippen molar-refractivity contribution in [2.75, 3.05) is 33.2 Å². The van der Waals surface area contributed by atoms with Crippen LogP contribution in [-0.4, -0.2) is 48.9 Å². The fraction of sp³-hybridized carbons (Fsp3) is 0.588. The van der Waals surface area contributed by atoms with Crippen LogP contribution < -0.4 is 5.32 Å². The summed E-state index contributed by atoms with van der Waals surface area (Å²) in [6.45, 7) is 6.18. The molecule has 1 aliphatic carbocycles. The molecule has 114 valence electrons. The molecule has 21 heavy (non-hydrogen) atoms. The topological polar surface area (TPSA) is 35.6 Å². The number of carbonyl (C=O) groups is 1. The molecule has 4 nitrogen and oxygen atoms in total. The second-order valence-electron chi connectivity index (χ2n) is 6.34. The maximum Gasteiger partial charge on any atom is 0.223 e. The quantitative estimate of drug-likeness (QED) is 0.890. The Morgan fingerprint density at radius 3 is 2.48 bits per heavy atom. The number of hydrogen-bond acceptors (Lipinski definition) is 3. The predicted molar refractivity (Wildman–Crippen MR) is 83.8 cm³/mol. The molecule has 0 spiro atoms. The van der Waals surface area contributed by atoms with Crippen LogP contribution in [0.4, 0.5) is 0 Å². The molecular formula is C17H25N3O. The van der Waals surface area contributed by atoms with E-state index in [9.17, 15) is 4.79 Å². The first-order valence-corrected chi connectivity index (χ1v) is 7.98. The molecular weight excluding hydrogens is 262 g/mol. The summed E-state index contributed by atoms with van der Waals surface area (Å²) in [6, 6.07) is 8.49. The standard InChI is InChI=1S/C17H25N3O/c1-19-8-10-20(11-9-19)13-16-5-3-2-4-15(16)12-18-17(21)14-6-7-14/h2-5,14H,6-13H2,1H3,(H,18,21). The van der Waals surface area contributed by atoms with Gasteiger partial charge in [-0.05, 0) is 31.0 Å². The summed E-state index contributed by atoms with van der Waals surface area (Å²) < 4.78 is 0. The van der Waals surface area contributed by atoms with E-state index in [-0.39, 0.29) is 11.8 Å². The second-order valence-corrected chi connectivity index (χ2v) is 6.34. The summed E-state index contributed by atoms with van der Waals surface area (Å²) >= 11 is 0. The van der Waals surface area contributed by atoms with Gasteiger partial charge in [-0.1, -0.05) is 24.3 Å². The van der Waals surface area contributed by atoms with Gasteiger partial charge in [0.05, 0.1) is 0 Å². The molecule has 0 radical (unpaired) electrons. The molecule has 0 aromatic heterocycles. The zero-order valence-corrected chi connectivity index (χ0v) is 12.8. The van der Waals surface area contributed by atoms with Crippen molar-refractivity contribution >= 4 is 5.91 Å². The first kappa shape index (κ1) is 14.5. The maximum absolute atomic E-state index is 11.8. The highest BCUT2D eigenvalue weighted by Crippen LogP contribution is 2.28. The van der Waals surface area contributed by atoms with Crippen molar-refractivity contribution in [2.45, 2.75) is 25.9 Å². The molecule has 1 heterocycles. The Kier molecular flexibility index (Phi) is 4.56. The minimum Gasteiger partial charge on any atom is -0.352 e. The van der Waals surface area contributed by atoms with E-state index >= 15 is 0 Å². The van der Waals surface area contributed by atoms with Crippen molar-refractivity contribution < 1.29 is 4.79 Å². The van der Waals surface area contributed by atoms with Gasteiger partial charge in [0.1, 0.15) is 0 Å². The molecule has 1 aliphatic heterocycles. The summed E-state index contributed by atoms with van der Waals surface area (Å²) in [7, 11) is 2.18. The van der Waals surface area contributed by atoms with Gasteiger partial charge in [-0.15, -0.1) is 0 Å². The van der Waals surface area contributed by atoms with E-state index in [0.29, 0.717) is 6.54 Å². The highest BCUT2D eigenvalue weighted by atomic mass is 16.2. The Labute approximate surface area is 127 Å². The van der Waals surface area contributed by atoms with Crippen LogP contribution in [-0.2, 0) is 17.9 Å². The van der Waals surface area contributed by atoms with Gasteiger partial charge in [0.2, 0.25) is 5.91 Å². The zero-order chi connectivity index (χ0) is 14.7. The van der Waals surface area contributed by atoms with E-state index < -0.39 is 0 Å². The summed E-state index contributed by atoms with van der Waals surface area (Å²) in [4.78, 5) is 16.7. The van der Waals surface area contributed by atoms with Crippen LogP contribution in [0.15, 0.2) is 24.3 Å². The normalized spacial score (nSPS) is 20.4. The van der Waals surface area contributed by atoms with Crippen LogP contribution in [0.2, 0.25) is 0 Å². The zero-order valence-electron chi connectivity index (χ0n) is 12.8. The van der Waals surface area contributed by atoms with E-state index in [0.717, 1.165) is 45.6 Å². The van der Waals surface area contributed by atoms with Crippen molar-refractivity contribution in [3.63, 3.8) is 0 Å². The smallest absolute Gasteiger partial charge is 0.223 e. The molecule has 1 aromatic carbocycles.